The number of anilines is 6. The van der Waals surface area contributed by atoms with E-state index in [9.17, 15) is 0 Å². The Labute approximate surface area is 452 Å². The summed E-state index contributed by atoms with van der Waals surface area (Å²) in [7, 11) is 0. The molecule has 0 saturated carbocycles. The van der Waals surface area contributed by atoms with E-state index in [0.717, 1.165) is 45.3 Å². The molecule has 0 aromatic heterocycles. The van der Waals surface area contributed by atoms with Gasteiger partial charge in [0.05, 0.1) is 5.41 Å². The smallest absolute Gasteiger partial charge is 0.0725 e. The molecule has 12 aromatic carbocycles. The minimum Gasteiger partial charge on any atom is -0.311 e. The van der Waals surface area contributed by atoms with Crippen LogP contribution in [0.2, 0.25) is 0 Å². The third-order valence-electron chi connectivity index (χ3n) is 16.0. The molecule has 77 heavy (non-hydrogen) atoms. The van der Waals surface area contributed by atoms with Crippen molar-refractivity contribution >= 4 is 34.1 Å². The molecule has 1 spiro atoms. The average Bonchev–Trinajstić information content (AvgIpc) is 4.01. The number of para-hydroxylation sites is 3. The van der Waals surface area contributed by atoms with Crippen molar-refractivity contribution in [2.75, 3.05) is 9.80 Å². The lowest BCUT2D eigenvalue weighted by atomic mass is 9.70. The molecule has 0 amide bonds. The molecular weight excluding hydrogens is 929 g/mol. The highest BCUT2D eigenvalue weighted by molar-refractivity contribution is 5.98. The van der Waals surface area contributed by atoms with Gasteiger partial charge in [-0.05, 0) is 188 Å². The Morgan fingerprint density at radius 2 is 0.532 bits per heavy atom. The topological polar surface area (TPSA) is 6.48 Å². The minimum atomic E-state index is -0.410. The van der Waals surface area contributed by atoms with Crippen LogP contribution in [0.25, 0.3) is 66.8 Å². The first kappa shape index (κ1) is 45.8. The summed E-state index contributed by atoms with van der Waals surface area (Å²) in [6.45, 7) is 4.45. The molecule has 2 nitrogen and oxygen atoms in total. The minimum absolute atomic E-state index is 0.410. The molecule has 0 fully saturated rings. The predicted octanol–water partition coefficient (Wildman–Crippen LogP) is 20.3. The maximum Gasteiger partial charge on any atom is 0.0725 e. The van der Waals surface area contributed by atoms with Gasteiger partial charge in [0.15, 0.2) is 0 Å². The second kappa shape index (κ2) is 18.9. The van der Waals surface area contributed by atoms with Crippen LogP contribution in [0.5, 0.6) is 0 Å². The summed E-state index contributed by atoms with van der Waals surface area (Å²) < 4.78 is 0. The van der Waals surface area contributed by atoms with E-state index in [1.54, 1.807) is 0 Å². The van der Waals surface area contributed by atoms with Crippen LogP contribution in [-0.4, -0.2) is 0 Å². The Morgan fingerprint density at radius 3 is 0.974 bits per heavy atom. The number of nitrogens with zero attached hydrogens (tertiary/aromatic N) is 2. The Bertz CT molecular complexity index is 4040. The monoisotopic (exact) mass is 982 g/mol. The van der Waals surface area contributed by atoms with Gasteiger partial charge < -0.3 is 9.80 Å². The van der Waals surface area contributed by atoms with Crippen molar-refractivity contribution in [2.24, 2.45) is 0 Å². The first-order chi connectivity index (χ1) is 38.0. The van der Waals surface area contributed by atoms with E-state index in [1.807, 2.05) is 0 Å². The fourth-order valence-corrected chi connectivity index (χ4v) is 12.5. The predicted molar refractivity (Wildman–Crippen MR) is 323 cm³/mol. The van der Waals surface area contributed by atoms with Gasteiger partial charge in [-0.25, -0.2) is 0 Å². The Morgan fingerprint density at radius 1 is 0.208 bits per heavy atom. The van der Waals surface area contributed by atoms with Crippen LogP contribution in [0.4, 0.5) is 34.1 Å². The highest BCUT2D eigenvalue weighted by atomic mass is 15.1. The highest BCUT2D eigenvalue weighted by Gasteiger charge is 2.52. The van der Waals surface area contributed by atoms with Crippen molar-refractivity contribution < 1.29 is 0 Å². The number of hydrogen-bond donors (Lipinski definition) is 0. The standard InChI is InChI=1S/C75H54N2/c1-51-32-43-64-65-44-33-52(2)47-74(65)75(73(64)46-51)71-31-19-18-30-63(71)70-48-62(42-45-72(70)75)77(59-28-16-7-17-29-59)61-40-36-56(37-41-61)69-50-66(53-20-8-3-9-21-53)68(49-67(69)54-22-10-4-11-23-54)55-34-38-60(39-35-55)76(57-24-12-5-13-25-57)58-26-14-6-15-27-58/h3-50H,1-2H3. The first-order valence-corrected chi connectivity index (χ1v) is 26.7. The molecule has 2 aliphatic rings. The summed E-state index contributed by atoms with van der Waals surface area (Å²) in [5.74, 6) is 0. The summed E-state index contributed by atoms with van der Waals surface area (Å²) in [5, 5.41) is 0. The van der Waals surface area contributed by atoms with E-state index in [0.29, 0.717) is 0 Å². The molecule has 0 unspecified atom stereocenters. The zero-order valence-electron chi connectivity index (χ0n) is 43.1. The lowest BCUT2D eigenvalue weighted by Crippen LogP contribution is -2.26. The van der Waals surface area contributed by atoms with Gasteiger partial charge in [-0.3, -0.25) is 0 Å². The van der Waals surface area contributed by atoms with E-state index < -0.39 is 5.41 Å². The fourth-order valence-electron chi connectivity index (χ4n) is 12.5. The largest absolute Gasteiger partial charge is 0.311 e. The third-order valence-corrected chi connectivity index (χ3v) is 16.0. The van der Waals surface area contributed by atoms with E-state index in [4.69, 9.17) is 0 Å². The molecule has 0 bridgehead atoms. The third kappa shape index (κ3) is 7.71. The van der Waals surface area contributed by atoms with Crippen LogP contribution in [0.3, 0.4) is 0 Å². The molecule has 14 rings (SSSR count). The maximum atomic E-state index is 2.44. The van der Waals surface area contributed by atoms with Gasteiger partial charge in [0, 0.05) is 34.1 Å². The number of hydrogen-bond acceptors (Lipinski definition) is 2. The van der Waals surface area contributed by atoms with Gasteiger partial charge in [0.1, 0.15) is 0 Å². The van der Waals surface area contributed by atoms with Crippen LogP contribution >= 0.6 is 0 Å². The van der Waals surface area contributed by atoms with Crippen molar-refractivity contribution in [3.05, 3.63) is 325 Å². The average molecular weight is 983 g/mol. The molecule has 0 heterocycles. The second-order valence-electron chi connectivity index (χ2n) is 20.6. The van der Waals surface area contributed by atoms with Gasteiger partial charge in [-0.2, -0.15) is 0 Å². The molecule has 0 atom stereocenters. The molecule has 12 aromatic rings. The molecule has 364 valence electrons. The van der Waals surface area contributed by atoms with Gasteiger partial charge in [0.2, 0.25) is 0 Å². The van der Waals surface area contributed by atoms with E-state index in [2.05, 4.69) is 315 Å². The van der Waals surface area contributed by atoms with Crippen molar-refractivity contribution in [2.45, 2.75) is 19.3 Å². The lowest BCUT2D eigenvalue weighted by Gasteiger charge is -2.31. The summed E-state index contributed by atoms with van der Waals surface area (Å²) in [6.07, 6.45) is 0. The molecule has 0 N–H and O–H groups in total. The Balaban J connectivity index is 0.894. The molecule has 0 aliphatic heterocycles. The lowest BCUT2D eigenvalue weighted by molar-refractivity contribution is 0.791. The molecule has 2 aliphatic carbocycles. The van der Waals surface area contributed by atoms with Gasteiger partial charge in [0.25, 0.3) is 0 Å². The zero-order valence-corrected chi connectivity index (χ0v) is 43.1. The van der Waals surface area contributed by atoms with Crippen LogP contribution in [-0.2, 0) is 5.41 Å². The summed E-state index contributed by atoms with van der Waals surface area (Å²) in [6, 6.07) is 107. The number of fused-ring (bicyclic) bond motifs is 10. The summed E-state index contributed by atoms with van der Waals surface area (Å²) >= 11 is 0. The SMILES string of the molecule is Cc1ccc2c(c1)C1(c3ccccc3-c3cc(N(c4ccccc4)c4ccc(-c5cc(-c6ccccc6)c(-c6ccc(N(c7ccccc7)c7ccccc7)cc6)cc5-c5ccccc5)cc4)ccc31)c1cc(C)ccc1-2. The molecule has 0 saturated heterocycles. The number of aryl methyl sites for hydroxylation is 2. The van der Waals surface area contributed by atoms with E-state index in [-0.39, 0.29) is 0 Å². The Hall–Kier alpha value is -9.76. The van der Waals surface area contributed by atoms with Crippen molar-refractivity contribution in [1.29, 1.82) is 0 Å². The van der Waals surface area contributed by atoms with Crippen LogP contribution < -0.4 is 9.80 Å². The normalized spacial score (nSPS) is 12.4. The summed E-state index contributed by atoms with van der Waals surface area (Å²) in [5.41, 5.74) is 28.8. The highest BCUT2D eigenvalue weighted by Crippen LogP contribution is 2.63. The maximum absolute atomic E-state index is 2.44. The van der Waals surface area contributed by atoms with E-state index in [1.165, 1.54) is 89.0 Å². The number of benzene rings is 12. The van der Waals surface area contributed by atoms with E-state index >= 15 is 0 Å². The number of rotatable bonds is 10. The molecule has 2 heteroatoms. The van der Waals surface area contributed by atoms with Gasteiger partial charge in [-0.15, -0.1) is 0 Å². The quantitative estimate of drug-likeness (QED) is 0.135. The van der Waals surface area contributed by atoms with Crippen molar-refractivity contribution in [3.8, 4) is 66.8 Å². The second-order valence-corrected chi connectivity index (χ2v) is 20.6. The van der Waals surface area contributed by atoms with Gasteiger partial charge >= 0.3 is 0 Å². The molecular formula is C75H54N2. The van der Waals surface area contributed by atoms with Crippen LogP contribution in [0.1, 0.15) is 33.4 Å². The van der Waals surface area contributed by atoms with Crippen LogP contribution in [0, 0.1) is 13.8 Å². The van der Waals surface area contributed by atoms with Crippen molar-refractivity contribution in [1.82, 2.24) is 0 Å². The fraction of sp³-hybridized carbons (Fsp3) is 0.0400. The Kier molecular flexibility index (Phi) is 11.2. The molecule has 0 radical (unpaired) electrons. The first-order valence-electron chi connectivity index (χ1n) is 26.7. The zero-order chi connectivity index (χ0) is 51.5. The van der Waals surface area contributed by atoms with Crippen LogP contribution in [0.15, 0.2) is 291 Å². The van der Waals surface area contributed by atoms with Crippen molar-refractivity contribution in [3.63, 3.8) is 0 Å². The summed E-state index contributed by atoms with van der Waals surface area (Å²) in [4.78, 5) is 4.73. The van der Waals surface area contributed by atoms with Gasteiger partial charge in [-0.1, -0.05) is 217 Å².